The third-order valence-electron chi connectivity index (χ3n) is 3.07. The van der Waals surface area contributed by atoms with Crippen LogP contribution in [0.2, 0.25) is 5.15 Å². The molecule has 19 heavy (non-hydrogen) atoms. The summed E-state index contributed by atoms with van der Waals surface area (Å²) < 4.78 is 0. The van der Waals surface area contributed by atoms with Crippen LogP contribution in [0.1, 0.15) is 37.9 Å². The Morgan fingerprint density at radius 2 is 2.26 bits per heavy atom. The first-order chi connectivity index (χ1) is 9.13. The monoisotopic (exact) mass is 282 g/mol. The molecular formula is C13H19ClN4O. The molecule has 1 aromatic heterocycles. The van der Waals surface area contributed by atoms with Crippen molar-refractivity contribution in [1.82, 2.24) is 15.3 Å². The van der Waals surface area contributed by atoms with E-state index in [1.165, 1.54) is 0 Å². The predicted molar refractivity (Wildman–Crippen MR) is 75.6 cm³/mol. The SMILES string of the molecule is CCCN(CC(=O)NC)c1cc(Cl)nc(C2CC2)n1. The Bertz CT molecular complexity index is 462. The highest BCUT2D eigenvalue weighted by Crippen LogP contribution is 2.39. The first kappa shape index (κ1) is 14.1. The molecule has 1 N–H and O–H groups in total. The van der Waals surface area contributed by atoms with Crippen LogP contribution >= 0.6 is 11.6 Å². The number of nitrogens with zero attached hydrogens (tertiary/aromatic N) is 3. The molecule has 1 amide bonds. The van der Waals surface area contributed by atoms with Gasteiger partial charge in [-0.3, -0.25) is 4.79 Å². The van der Waals surface area contributed by atoms with Gasteiger partial charge in [0.05, 0.1) is 6.54 Å². The van der Waals surface area contributed by atoms with Crippen LogP contribution in [0.25, 0.3) is 0 Å². The maximum Gasteiger partial charge on any atom is 0.239 e. The lowest BCUT2D eigenvalue weighted by Gasteiger charge is -2.22. The van der Waals surface area contributed by atoms with Gasteiger partial charge in [-0.25, -0.2) is 9.97 Å². The summed E-state index contributed by atoms with van der Waals surface area (Å²) in [5, 5.41) is 3.08. The van der Waals surface area contributed by atoms with Crippen molar-refractivity contribution in [2.75, 3.05) is 25.0 Å². The topological polar surface area (TPSA) is 58.1 Å². The van der Waals surface area contributed by atoms with Crippen LogP contribution in [-0.4, -0.2) is 36.0 Å². The number of amides is 1. The summed E-state index contributed by atoms with van der Waals surface area (Å²) >= 11 is 6.06. The standard InChI is InChI=1S/C13H19ClN4O/c1-3-6-18(8-12(19)15-2)11-7-10(14)16-13(17-11)9-4-5-9/h7,9H,3-6,8H2,1-2H3,(H,15,19). The molecule has 1 aromatic rings. The Balaban J connectivity index is 2.21. The van der Waals surface area contributed by atoms with Gasteiger partial charge in [-0.15, -0.1) is 0 Å². The molecule has 1 aliphatic rings. The first-order valence-corrected chi connectivity index (χ1v) is 7.01. The van der Waals surface area contributed by atoms with Crippen molar-refractivity contribution in [1.29, 1.82) is 0 Å². The smallest absolute Gasteiger partial charge is 0.239 e. The molecule has 0 radical (unpaired) electrons. The second-order valence-corrected chi connectivity index (χ2v) is 5.16. The third-order valence-corrected chi connectivity index (χ3v) is 3.27. The maximum absolute atomic E-state index is 11.6. The second kappa shape index (κ2) is 6.19. The van der Waals surface area contributed by atoms with E-state index in [0.29, 0.717) is 17.6 Å². The fourth-order valence-electron chi connectivity index (χ4n) is 1.91. The zero-order valence-electron chi connectivity index (χ0n) is 11.3. The van der Waals surface area contributed by atoms with Gasteiger partial charge in [0.25, 0.3) is 0 Å². The van der Waals surface area contributed by atoms with E-state index < -0.39 is 0 Å². The summed E-state index contributed by atoms with van der Waals surface area (Å²) in [7, 11) is 1.63. The number of hydrogen-bond acceptors (Lipinski definition) is 4. The average Bonchev–Trinajstić information content (AvgIpc) is 3.21. The number of likely N-dealkylation sites (N-methyl/N-ethyl adjacent to an activating group) is 1. The Morgan fingerprint density at radius 3 is 2.84 bits per heavy atom. The van der Waals surface area contributed by atoms with E-state index in [4.69, 9.17) is 11.6 Å². The molecule has 5 nitrogen and oxygen atoms in total. The lowest BCUT2D eigenvalue weighted by Crippen LogP contribution is -2.36. The lowest BCUT2D eigenvalue weighted by atomic mass is 10.3. The molecule has 6 heteroatoms. The number of carbonyl (C=O) groups excluding carboxylic acids is 1. The van der Waals surface area contributed by atoms with Crippen LogP contribution in [0.15, 0.2) is 6.07 Å². The molecule has 0 atom stereocenters. The number of anilines is 1. The number of rotatable bonds is 6. The minimum absolute atomic E-state index is 0.0313. The molecule has 0 spiro atoms. The molecule has 1 aliphatic carbocycles. The quantitative estimate of drug-likeness (QED) is 0.811. The van der Waals surface area contributed by atoms with E-state index in [9.17, 15) is 4.79 Å². The number of nitrogens with one attached hydrogen (secondary N) is 1. The molecular weight excluding hydrogens is 264 g/mol. The fraction of sp³-hybridized carbons (Fsp3) is 0.615. The third kappa shape index (κ3) is 3.80. The van der Waals surface area contributed by atoms with Gasteiger partial charge in [-0.2, -0.15) is 0 Å². The average molecular weight is 283 g/mol. The van der Waals surface area contributed by atoms with Crippen LogP contribution in [-0.2, 0) is 4.79 Å². The Hall–Kier alpha value is -1.36. The minimum atomic E-state index is -0.0313. The van der Waals surface area contributed by atoms with E-state index in [1.807, 2.05) is 4.90 Å². The highest BCUT2D eigenvalue weighted by Gasteiger charge is 2.28. The predicted octanol–water partition coefficient (Wildman–Crippen LogP) is 1.97. The highest BCUT2D eigenvalue weighted by molar-refractivity contribution is 6.29. The van der Waals surface area contributed by atoms with Gasteiger partial charge in [0, 0.05) is 25.6 Å². The molecule has 0 saturated heterocycles. The van der Waals surface area contributed by atoms with Gasteiger partial charge in [0.2, 0.25) is 5.91 Å². The van der Waals surface area contributed by atoms with Gasteiger partial charge in [0.1, 0.15) is 16.8 Å². The number of halogens is 1. The van der Waals surface area contributed by atoms with E-state index in [1.54, 1.807) is 13.1 Å². The van der Waals surface area contributed by atoms with E-state index in [0.717, 1.165) is 37.4 Å². The Kier molecular flexibility index (Phi) is 4.58. The zero-order chi connectivity index (χ0) is 13.8. The molecule has 104 valence electrons. The molecule has 0 unspecified atom stereocenters. The van der Waals surface area contributed by atoms with Crippen molar-refractivity contribution >= 4 is 23.3 Å². The molecule has 0 bridgehead atoms. The summed E-state index contributed by atoms with van der Waals surface area (Å²) in [4.78, 5) is 22.3. The molecule has 0 aromatic carbocycles. The van der Waals surface area contributed by atoms with Crippen molar-refractivity contribution in [2.45, 2.75) is 32.1 Å². The van der Waals surface area contributed by atoms with Gasteiger partial charge in [-0.05, 0) is 19.3 Å². The second-order valence-electron chi connectivity index (χ2n) is 4.78. The molecule has 2 rings (SSSR count). The summed E-state index contributed by atoms with van der Waals surface area (Å²) in [5.41, 5.74) is 0. The Morgan fingerprint density at radius 1 is 1.53 bits per heavy atom. The van der Waals surface area contributed by atoms with E-state index >= 15 is 0 Å². The van der Waals surface area contributed by atoms with E-state index in [2.05, 4.69) is 22.2 Å². The fourth-order valence-corrected chi connectivity index (χ4v) is 2.09. The first-order valence-electron chi connectivity index (χ1n) is 6.64. The molecule has 1 heterocycles. The minimum Gasteiger partial charge on any atom is -0.358 e. The van der Waals surface area contributed by atoms with Gasteiger partial charge >= 0.3 is 0 Å². The normalized spacial score (nSPS) is 14.3. The number of aromatic nitrogens is 2. The van der Waals surface area contributed by atoms with Crippen molar-refractivity contribution in [2.24, 2.45) is 0 Å². The summed E-state index contributed by atoms with van der Waals surface area (Å²) in [6, 6.07) is 1.73. The van der Waals surface area contributed by atoms with Crippen LogP contribution in [0.4, 0.5) is 5.82 Å². The summed E-state index contributed by atoms with van der Waals surface area (Å²) in [6.07, 6.45) is 3.20. The van der Waals surface area contributed by atoms with Crippen LogP contribution < -0.4 is 10.2 Å². The molecule has 1 saturated carbocycles. The number of hydrogen-bond donors (Lipinski definition) is 1. The van der Waals surface area contributed by atoms with Crippen molar-refractivity contribution < 1.29 is 4.79 Å². The number of carbonyl (C=O) groups is 1. The van der Waals surface area contributed by atoms with Crippen molar-refractivity contribution in [3.8, 4) is 0 Å². The van der Waals surface area contributed by atoms with Gasteiger partial charge < -0.3 is 10.2 Å². The van der Waals surface area contributed by atoms with Crippen molar-refractivity contribution in [3.63, 3.8) is 0 Å². The lowest BCUT2D eigenvalue weighted by molar-refractivity contribution is -0.119. The molecule has 0 aliphatic heterocycles. The maximum atomic E-state index is 11.6. The van der Waals surface area contributed by atoms with Crippen LogP contribution in [0.3, 0.4) is 0 Å². The Labute approximate surface area is 118 Å². The highest BCUT2D eigenvalue weighted by atomic mass is 35.5. The van der Waals surface area contributed by atoms with Crippen LogP contribution in [0, 0.1) is 0 Å². The van der Waals surface area contributed by atoms with Gasteiger partial charge in [-0.1, -0.05) is 18.5 Å². The van der Waals surface area contributed by atoms with Crippen molar-refractivity contribution in [3.05, 3.63) is 17.0 Å². The summed E-state index contributed by atoms with van der Waals surface area (Å²) in [5.74, 6) is 1.96. The van der Waals surface area contributed by atoms with E-state index in [-0.39, 0.29) is 5.91 Å². The zero-order valence-corrected chi connectivity index (χ0v) is 12.1. The van der Waals surface area contributed by atoms with Gasteiger partial charge in [0.15, 0.2) is 0 Å². The largest absolute Gasteiger partial charge is 0.358 e. The molecule has 1 fully saturated rings. The summed E-state index contributed by atoms with van der Waals surface area (Å²) in [6.45, 7) is 3.13. The van der Waals surface area contributed by atoms with Crippen LogP contribution in [0.5, 0.6) is 0 Å².